The Morgan fingerprint density at radius 2 is 1.64 bits per heavy atom. The summed E-state index contributed by atoms with van der Waals surface area (Å²) in [5, 5.41) is 6.70. The molecule has 144 valence electrons. The molecule has 0 N–H and O–H groups in total. The average Bonchev–Trinajstić information content (AvgIpc) is 3.15. The Hall–Kier alpha value is -1.98. The smallest absolute Gasteiger partial charge is 0.267 e. The highest BCUT2D eigenvalue weighted by molar-refractivity contribution is 8.21. The van der Waals surface area contributed by atoms with E-state index in [4.69, 9.17) is 5.10 Å². The quantitative estimate of drug-likeness (QED) is 0.624. The summed E-state index contributed by atoms with van der Waals surface area (Å²) in [6.07, 6.45) is 7.50. The maximum atomic E-state index is 13.4. The molecule has 2 aromatic carbocycles. The number of rotatable bonds is 4. The van der Waals surface area contributed by atoms with Gasteiger partial charge in [-0.3, -0.25) is 4.79 Å². The minimum Gasteiger partial charge on any atom is -0.267 e. The Morgan fingerprint density at radius 1 is 1.00 bits per heavy atom. The molecule has 0 radical (unpaired) electrons. The van der Waals surface area contributed by atoms with E-state index in [0.717, 1.165) is 30.5 Å². The van der Waals surface area contributed by atoms with Crippen LogP contribution in [-0.2, 0) is 0 Å². The van der Waals surface area contributed by atoms with Crippen molar-refractivity contribution in [3.05, 3.63) is 81.6 Å². The number of nitrogens with zero attached hydrogens (tertiary/aromatic N) is 2. The van der Waals surface area contributed by atoms with Crippen LogP contribution in [0.4, 0.5) is 0 Å². The third kappa shape index (κ3) is 3.53. The molecule has 0 unspecified atom stereocenters. The lowest BCUT2D eigenvalue weighted by Crippen LogP contribution is -2.32. The van der Waals surface area contributed by atoms with Crippen LogP contribution in [-0.4, -0.2) is 29.1 Å². The van der Waals surface area contributed by atoms with Crippen LogP contribution in [0.5, 0.6) is 0 Å². The second kappa shape index (κ2) is 8.58. The molecule has 1 aliphatic heterocycles. The van der Waals surface area contributed by atoms with Crippen LogP contribution in [0.3, 0.4) is 0 Å². The molecule has 1 fully saturated rings. The number of hydrogen-bond acceptors (Lipinski definition) is 4. The number of thioether (sulfide) groups is 2. The predicted octanol–water partition coefficient (Wildman–Crippen LogP) is 5.98. The Labute approximate surface area is 175 Å². The van der Waals surface area contributed by atoms with Gasteiger partial charge in [0.05, 0.1) is 11.8 Å². The van der Waals surface area contributed by atoms with E-state index in [-0.39, 0.29) is 17.9 Å². The molecular weight excluding hydrogens is 384 g/mol. The third-order valence-electron chi connectivity index (χ3n) is 5.45. The van der Waals surface area contributed by atoms with E-state index in [1.807, 2.05) is 48.5 Å². The van der Waals surface area contributed by atoms with Crippen molar-refractivity contribution in [2.24, 2.45) is 11.0 Å². The Kier molecular flexibility index (Phi) is 5.93. The Bertz CT molecular complexity index is 903. The SMILES string of the molecule is CSC(SC)=C1CCC[C@H]2C1=NN(C(=O)c1ccccc1)[C@H]2c1ccccc1. The molecule has 1 heterocycles. The predicted molar refractivity (Wildman–Crippen MR) is 121 cm³/mol. The number of hydrazone groups is 1. The van der Waals surface area contributed by atoms with Crippen molar-refractivity contribution in [2.75, 3.05) is 12.5 Å². The number of fused-ring (bicyclic) bond motifs is 1. The van der Waals surface area contributed by atoms with Gasteiger partial charge in [-0.2, -0.15) is 5.10 Å². The van der Waals surface area contributed by atoms with Crippen molar-refractivity contribution < 1.29 is 4.79 Å². The molecule has 0 aromatic heterocycles. The van der Waals surface area contributed by atoms with E-state index >= 15 is 0 Å². The molecule has 1 aliphatic carbocycles. The monoisotopic (exact) mass is 408 g/mol. The van der Waals surface area contributed by atoms with Gasteiger partial charge < -0.3 is 0 Å². The molecule has 0 saturated heterocycles. The van der Waals surface area contributed by atoms with E-state index in [1.165, 1.54) is 9.81 Å². The average molecular weight is 409 g/mol. The number of amides is 1. The van der Waals surface area contributed by atoms with Crippen LogP contribution in [0.1, 0.15) is 41.2 Å². The molecule has 0 spiro atoms. The molecule has 3 nitrogen and oxygen atoms in total. The lowest BCUT2D eigenvalue weighted by Gasteiger charge is -2.30. The lowest BCUT2D eigenvalue weighted by atomic mass is 9.78. The van der Waals surface area contributed by atoms with Crippen molar-refractivity contribution in [1.82, 2.24) is 5.01 Å². The van der Waals surface area contributed by atoms with Crippen molar-refractivity contribution in [1.29, 1.82) is 0 Å². The Morgan fingerprint density at radius 3 is 2.29 bits per heavy atom. The minimum atomic E-state index is -0.0378. The van der Waals surface area contributed by atoms with Gasteiger partial charge in [0.2, 0.25) is 0 Å². The van der Waals surface area contributed by atoms with Gasteiger partial charge in [0.25, 0.3) is 5.91 Å². The van der Waals surface area contributed by atoms with Gasteiger partial charge in [-0.05, 0) is 55.0 Å². The minimum absolute atomic E-state index is 0.0226. The molecule has 2 aromatic rings. The fourth-order valence-corrected chi connectivity index (χ4v) is 5.80. The number of hydrogen-bond donors (Lipinski definition) is 0. The van der Waals surface area contributed by atoms with Crippen LogP contribution >= 0.6 is 23.5 Å². The van der Waals surface area contributed by atoms with Crippen molar-refractivity contribution in [3.8, 4) is 0 Å². The highest BCUT2D eigenvalue weighted by Crippen LogP contribution is 2.47. The zero-order chi connectivity index (χ0) is 19.5. The van der Waals surface area contributed by atoms with E-state index in [2.05, 4.69) is 24.6 Å². The summed E-state index contributed by atoms with van der Waals surface area (Å²) in [5.41, 5.74) is 4.29. The summed E-state index contributed by atoms with van der Waals surface area (Å²) in [4.78, 5) is 13.4. The lowest BCUT2D eigenvalue weighted by molar-refractivity contribution is 0.0681. The normalized spacial score (nSPS) is 21.3. The fourth-order valence-electron chi connectivity index (χ4n) is 4.22. The fraction of sp³-hybridized carbons (Fsp3) is 0.304. The molecule has 28 heavy (non-hydrogen) atoms. The van der Waals surface area contributed by atoms with Crippen LogP contribution in [0.25, 0.3) is 0 Å². The summed E-state index contributed by atoms with van der Waals surface area (Å²) in [7, 11) is 0. The zero-order valence-electron chi connectivity index (χ0n) is 16.2. The maximum absolute atomic E-state index is 13.4. The molecule has 1 saturated carbocycles. The molecule has 4 rings (SSSR count). The molecular formula is C23H24N2OS2. The summed E-state index contributed by atoms with van der Waals surface area (Å²) >= 11 is 3.57. The van der Waals surface area contributed by atoms with Gasteiger partial charge in [-0.25, -0.2) is 5.01 Å². The zero-order valence-corrected chi connectivity index (χ0v) is 17.8. The largest absolute Gasteiger partial charge is 0.274 e. The first-order valence-electron chi connectivity index (χ1n) is 9.58. The highest BCUT2D eigenvalue weighted by Gasteiger charge is 2.44. The first kappa shape index (κ1) is 19.3. The summed E-state index contributed by atoms with van der Waals surface area (Å²) in [5.74, 6) is 0.235. The van der Waals surface area contributed by atoms with E-state index in [0.29, 0.717) is 5.56 Å². The summed E-state index contributed by atoms with van der Waals surface area (Å²) < 4.78 is 1.32. The number of carbonyl (C=O) groups is 1. The molecule has 5 heteroatoms. The number of benzene rings is 2. The van der Waals surface area contributed by atoms with Crippen LogP contribution in [0, 0.1) is 5.92 Å². The molecule has 1 amide bonds. The summed E-state index contributed by atoms with van der Waals surface area (Å²) in [6, 6.07) is 19.8. The highest BCUT2D eigenvalue weighted by atomic mass is 32.2. The van der Waals surface area contributed by atoms with E-state index in [1.54, 1.807) is 28.5 Å². The van der Waals surface area contributed by atoms with Gasteiger partial charge in [0.1, 0.15) is 0 Å². The van der Waals surface area contributed by atoms with E-state index < -0.39 is 0 Å². The van der Waals surface area contributed by atoms with Crippen molar-refractivity contribution >= 4 is 35.1 Å². The second-order valence-electron chi connectivity index (χ2n) is 7.03. The van der Waals surface area contributed by atoms with Crippen molar-refractivity contribution in [2.45, 2.75) is 25.3 Å². The van der Waals surface area contributed by atoms with Crippen LogP contribution < -0.4 is 0 Å². The van der Waals surface area contributed by atoms with Gasteiger partial charge >= 0.3 is 0 Å². The van der Waals surface area contributed by atoms with E-state index in [9.17, 15) is 4.79 Å². The molecule has 0 bridgehead atoms. The van der Waals surface area contributed by atoms with Crippen LogP contribution in [0.2, 0.25) is 0 Å². The van der Waals surface area contributed by atoms with Gasteiger partial charge in [-0.15, -0.1) is 23.5 Å². The molecule has 2 aliphatic rings. The summed E-state index contributed by atoms with van der Waals surface area (Å²) in [6.45, 7) is 0. The number of carbonyl (C=O) groups excluding carboxylic acids is 1. The van der Waals surface area contributed by atoms with Gasteiger partial charge in [0.15, 0.2) is 0 Å². The second-order valence-corrected chi connectivity index (χ2v) is 8.92. The maximum Gasteiger partial charge on any atom is 0.274 e. The standard InChI is InChI=1S/C23H24N2OS2/c1-27-23(28-2)19-15-9-14-18-20(19)24-25(21(18)16-10-5-3-6-11-16)22(26)17-12-7-4-8-13-17/h3-8,10-13,18,21H,9,14-15H2,1-2H3/t18-,21-/m0/s1. The first-order chi connectivity index (χ1) is 13.7. The van der Waals surface area contributed by atoms with Crippen molar-refractivity contribution in [3.63, 3.8) is 0 Å². The first-order valence-corrected chi connectivity index (χ1v) is 12.0. The molecule has 2 atom stereocenters. The van der Waals surface area contributed by atoms with Gasteiger partial charge in [0, 0.05) is 15.7 Å². The Balaban J connectivity index is 1.81. The van der Waals surface area contributed by atoms with Gasteiger partial charge in [-0.1, -0.05) is 48.5 Å². The van der Waals surface area contributed by atoms with Crippen LogP contribution in [0.15, 0.2) is 75.6 Å². The topological polar surface area (TPSA) is 32.7 Å². The number of allylic oxidation sites excluding steroid dienone is 1. The third-order valence-corrected chi connectivity index (χ3v) is 7.68.